The van der Waals surface area contributed by atoms with Gasteiger partial charge >= 0.3 is 11.7 Å². The Hall–Kier alpha value is -2.12. The summed E-state index contributed by atoms with van der Waals surface area (Å²) in [6.45, 7) is 7.75. The van der Waals surface area contributed by atoms with Crippen molar-refractivity contribution in [3.8, 4) is 0 Å². The fourth-order valence-corrected chi connectivity index (χ4v) is 2.08. The van der Waals surface area contributed by atoms with Gasteiger partial charge in [-0.2, -0.15) is 5.10 Å². The zero-order chi connectivity index (χ0) is 16.2. The smallest absolute Gasteiger partial charge is 0.333 e. The number of nitrogens with one attached hydrogen (secondary N) is 1. The Labute approximate surface area is 123 Å². The molecule has 0 aromatic carbocycles. The zero-order valence-corrected chi connectivity index (χ0v) is 13.0. The first-order chi connectivity index (χ1) is 9.83. The SMILES string of the molecule is CCCn1nc(C)c([N+](=O)[O-])c1NC(C(=O)OC)C(C)C. The van der Waals surface area contributed by atoms with Gasteiger partial charge in [-0.05, 0) is 19.3 Å². The van der Waals surface area contributed by atoms with Gasteiger partial charge in [0.2, 0.25) is 5.82 Å². The highest BCUT2D eigenvalue weighted by Crippen LogP contribution is 2.30. The monoisotopic (exact) mass is 298 g/mol. The number of aromatic nitrogens is 2. The maximum absolute atomic E-state index is 11.8. The summed E-state index contributed by atoms with van der Waals surface area (Å²) in [7, 11) is 1.29. The van der Waals surface area contributed by atoms with E-state index in [1.54, 1.807) is 6.92 Å². The van der Waals surface area contributed by atoms with Crippen molar-refractivity contribution < 1.29 is 14.5 Å². The normalized spacial score (nSPS) is 12.3. The Morgan fingerprint density at radius 2 is 2.14 bits per heavy atom. The number of carbonyl (C=O) groups excluding carboxylic acids is 1. The average Bonchev–Trinajstić information content (AvgIpc) is 2.71. The lowest BCUT2D eigenvalue weighted by Crippen LogP contribution is -2.36. The molecule has 1 atom stereocenters. The summed E-state index contributed by atoms with van der Waals surface area (Å²) in [5.41, 5.74) is 0.223. The number of aryl methyl sites for hydroxylation is 2. The molecule has 1 unspecified atom stereocenters. The number of hydrogen-bond acceptors (Lipinski definition) is 6. The topological polar surface area (TPSA) is 99.3 Å². The number of hydrogen-bond donors (Lipinski definition) is 1. The molecule has 21 heavy (non-hydrogen) atoms. The van der Waals surface area contributed by atoms with E-state index in [9.17, 15) is 14.9 Å². The molecule has 0 bridgehead atoms. The molecule has 118 valence electrons. The maximum atomic E-state index is 11.8. The molecule has 0 amide bonds. The van der Waals surface area contributed by atoms with Gasteiger partial charge in [0, 0.05) is 6.54 Å². The molecular formula is C13H22N4O4. The number of methoxy groups -OCH3 is 1. The molecule has 0 fully saturated rings. The van der Waals surface area contributed by atoms with E-state index in [4.69, 9.17) is 4.74 Å². The molecule has 0 radical (unpaired) electrons. The Bertz CT molecular complexity index is 524. The Balaban J connectivity index is 3.25. The van der Waals surface area contributed by atoms with Gasteiger partial charge in [0.1, 0.15) is 11.7 Å². The summed E-state index contributed by atoms with van der Waals surface area (Å²) in [4.78, 5) is 22.6. The van der Waals surface area contributed by atoms with Crippen LogP contribution in [0.5, 0.6) is 0 Å². The summed E-state index contributed by atoms with van der Waals surface area (Å²) in [5.74, 6) is -0.285. The van der Waals surface area contributed by atoms with Crippen LogP contribution >= 0.6 is 0 Å². The van der Waals surface area contributed by atoms with Gasteiger partial charge in [-0.25, -0.2) is 9.48 Å². The van der Waals surface area contributed by atoms with Crippen molar-refractivity contribution in [3.05, 3.63) is 15.8 Å². The third-order valence-electron chi connectivity index (χ3n) is 3.13. The summed E-state index contributed by atoms with van der Waals surface area (Å²) >= 11 is 0. The standard InChI is InChI=1S/C13H22N4O4/c1-6-7-16-12(11(17(19)20)9(4)15-16)14-10(8(2)3)13(18)21-5/h8,10,14H,6-7H2,1-5H3. The molecule has 0 saturated heterocycles. The third-order valence-corrected chi connectivity index (χ3v) is 3.13. The summed E-state index contributed by atoms with van der Waals surface area (Å²) in [6, 6.07) is -0.666. The largest absolute Gasteiger partial charge is 0.467 e. The first kappa shape index (κ1) is 16.9. The van der Waals surface area contributed by atoms with Crippen LogP contribution in [0.4, 0.5) is 11.5 Å². The van der Waals surface area contributed by atoms with Crippen molar-refractivity contribution in [1.82, 2.24) is 9.78 Å². The van der Waals surface area contributed by atoms with Gasteiger partial charge in [0.15, 0.2) is 0 Å². The molecule has 0 spiro atoms. The van der Waals surface area contributed by atoms with E-state index in [2.05, 4.69) is 10.4 Å². The van der Waals surface area contributed by atoms with Crippen LogP contribution in [0.15, 0.2) is 0 Å². The number of anilines is 1. The zero-order valence-electron chi connectivity index (χ0n) is 13.0. The number of nitro groups is 1. The molecule has 1 aromatic heterocycles. The van der Waals surface area contributed by atoms with E-state index in [1.165, 1.54) is 11.8 Å². The van der Waals surface area contributed by atoms with Gasteiger partial charge in [-0.3, -0.25) is 10.1 Å². The highest BCUT2D eigenvalue weighted by molar-refractivity contribution is 5.80. The minimum Gasteiger partial charge on any atom is -0.467 e. The fourth-order valence-electron chi connectivity index (χ4n) is 2.08. The van der Waals surface area contributed by atoms with Crippen LogP contribution in [0.1, 0.15) is 32.9 Å². The first-order valence-electron chi connectivity index (χ1n) is 6.89. The van der Waals surface area contributed by atoms with Crippen molar-refractivity contribution in [3.63, 3.8) is 0 Å². The molecule has 8 nitrogen and oxygen atoms in total. The Morgan fingerprint density at radius 1 is 1.52 bits per heavy atom. The number of nitrogens with zero attached hydrogens (tertiary/aromatic N) is 3. The molecule has 1 N–H and O–H groups in total. The summed E-state index contributed by atoms with van der Waals surface area (Å²) < 4.78 is 6.29. The minimum atomic E-state index is -0.666. The lowest BCUT2D eigenvalue weighted by atomic mass is 10.0. The second kappa shape index (κ2) is 7.05. The van der Waals surface area contributed by atoms with Gasteiger partial charge in [0.25, 0.3) is 0 Å². The fraction of sp³-hybridized carbons (Fsp3) is 0.692. The third kappa shape index (κ3) is 3.71. The highest BCUT2D eigenvalue weighted by Gasteiger charge is 2.31. The van der Waals surface area contributed by atoms with Crippen molar-refractivity contribution >= 4 is 17.5 Å². The van der Waals surface area contributed by atoms with E-state index in [0.717, 1.165) is 6.42 Å². The van der Waals surface area contributed by atoms with Crippen molar-refractivity contribution in [1.29, 1.82) is 0 Å². The van der Waals surface area contributed by atoms with Crippen LogP contribution in [-0.2, 0) is 16.1 Å². The van der Waals surface area contributed by atoms with Crippen molar-refractivity contribution in [2.45, 2.75) is 46.7 Å². The number of rotatable bonds is 7. The molecule has 0 saturated carbocycles. The lowest BCUT2D eigenvalue weighted by molar-refractivity contribution is -0.384. The molecule has 8 heteroatoms. The highest BCUT2D eigenvalue weighted by atomic mass is 16.6. The van der Waals surface area contributed by atoms with Crippen LogP contribution < -0.4 is 5.32 Å². The number of esters is 1. The maximum Gasteiger partial charge on any atom is 0.333 e. The van der Waals surface area contributed by atoms with Gasteiger partial charge in [-0.1, -0.05) is 20.8 Å². The molecular weight excluding hydrogens is 276 g/mol. The Kier molecular flexibility index (Phi) is 5.69. The quantitative estimate of drug-likeness (QED) is 0.470. The Morgan fingerprint density at radius 3 is 2.57 bits per heavy atom. The van der Waals surface area contributed by atoms with Crippen LogP contribution in [0.2, 0.25) is 0 Å². The van der Waals surface area contributed by atoms with Crippen molar-refractivity contribution in [2.24, 2.45) is 5.92 Å². The molecule has 0 aliphatic carbocycles. The minimum absolute atomic E-state index is 0.0812. The van der Waals surface area contributed by atoms with Gasteiger partial charge in [-0.15, -0.1) is 0 Å². The van der Waals surface area contributed by atoms with E-state index in [-0.39, 0.29) is 17.4 Å². The van der Waals surface area contributed by atoms with Crippen molar-refractivity contribution in [2.75, 3.05) is 12.4 Å². The lowest BCUT2D eigenvalue weighted by Gasteiger charge is -2.20. The van der Waals surface area contributed by atoms with Crippen LogP contribution in [-0.4, -0.2) is 33.8 Å². The summed E-state index contributed by atoms with van der Waals surface area (Å²) in [6.07, 6.45) is 0.775. The molecule has 1 rings (SSSR count). The number of carbonyl (C=O) groups is 1. The predicted molar refractivity (Wildman–Crippen MR) is 78.2 cm³/mol. The second-order valence-corrected chi connectivity index (χ2v) is 5.15. The van der Waals surface area contributed by atoms with E-state index >= 15 is 0 Å². The van der Waals surface area contributed by atoms with E-state index < -0.39 is 16.9 Å². The van der Waals surface area contributed by atoms with Crippen LogP contribution in [0.3, 0.4) is 0 Å². The molecule has 1 aromatic rings. The van der Waals surface area contributed by atoms with E-state index in [0.29, 0.717) is 12.2 Å². The van der Waals surface area contributed by atoms with Gasteiger partial charge in [0.05, 0.1) is 12.0 Å². The average molecular weight is 298 g/mol. The van der Waals surface area contributed by atoms with E-state index in [1.807, 2.05) is 20.8 Å². The first-order valence-corrected chi connectivity index (χ1v) is 6.89. The predicted octanol–water partition coefficient (Wildman–Crippen LogP) is 2.12. The van der Waals surface area contributed by atoms with Crippen LogP contribution in [0.25, 0.3) is 0 Å². The van der Waals surface area contributed by atoms with Gasteiger partial charge < -0.3 is 10.1 Å². The van der Waals surface area contributed by atoms with Crippen LogP contribution in [0, 0.1) is 23.0 Å². The second-order valence-electron chi connectivity index (χ2n) is 5.15. The summed E-state index contributed by atoms with van der Waals surface area (Å²) in [5, 5.41) is 18.4. The molecule has 0 aliphatic heterocycles. The number of ether oxygens (including phenoxy) is 1. The molecule has 0 aliphatic rings. The molecule has 1 heterocycles.